The molecular formula is C17H20N2O3S. The van der Waals surface area contributed by atoms with E-state index in [-0.39, 0.29) is 17.7 Å². The number of anilines is 1. The van der Waals surface area contributed by atoms with Crippen LogP contribution in [0, 0.1) is 6.92 Å². The van der Waals surface area contributed by atoms with Crippen molar-refractivity contribution in [2.45, 2.75) is 39.5 Å². The van der Waals surface area contributed by atoms with Gasteiger partial charge in [-0.1, -0.05) is 32.9 Å². The smallest absolute Gasteiger partial charge is 0.308 e. The third-order valence-corrected chi connectivity index (χ3v) is 4.51. The topological polar surface area (TPSA) is 79.3 Å². The van der Waals surface area contributed by atoms with E-state index in [1.807, 2.05) is 12.1 Å². The summed E-state index contributed by atoms with van der Waals surface area (Å²) in [7, 11) is 0. The Bertz CT molecular complexity index is 727. The molecule has 0 fully saturated rings. The van der Waals surface area contributed by atoms with Crippen LogP contribution in [0.15, 0.2) is 24.3 Å². The first kappa shape index (κ1) is 17.1. The molecule has 1 heterocycles. The SMILES string of the molecule is Cc1nc(NC(=O)c2ccc(C(C)(C)C)cc2)sc1CC(=O)O. The van der Waals surface area contributed by atoms with Gasteiger partial charge in [0.2, 0.25) is 0 Å². The molecule has 0 saturated carbocycles. The summed E-state index contributed by atoms with van der Waals surface area (Å²) in [5.41, 5.74) is 2.37. The van der Waals surface area contributed by atoms with E-state index in [1.54, 1.807) is 19.1 Å². The van der Waals surface area contributed by atoms with Crippen molar-refractivity contribution in [3.8, 4) is 0 Å². The molecule has 0 saturated heterocycles. The van der Waals surface area contributed by atoms with E-state index in [4.69, 9.17) is 5.11 Å². The molecule has 0 unspecified atom stereocenters. The average molecular weight is 332 g/mol. The van der Waals surface area contributed by atoms with Crippen molar-refractivity contribution in [1.82, 2.24) is 4.98 Å². The molecule has 0 radical (unpaired) electrons. The van der Waals surface area contributed by atoms with Crippen LogP contribution in [0.2, 0.25) is 0 Å². The normalized spacial score (nSPS) is 11.3. The molecule has 6 heteroatoms. The summed E-state index contributed by atoms with van der Waals surface area (Å²) in [4.78, 5) is 27.9. The first-order chi connectivity index (χ1) is 10.7. The molecule has 0 aliphatic carbocycles. The highest BCUT2D eigenvalue weighted by Gasteiger charge is 2.16. The summed E-state index contributed by atoms with van der Waals surface area (Å²) in [6, 6.07) is 7.46. The van der Waals surface area contributed by atoms with Gasteiger partial charge in [0.15, 0.2) is 5.13 Å². The van der Waals surface area contributed by atoms with Crippen LogP contribution in [-0.2, 0) is 16.6 Å². The van der Waals surface area contributed by atoms with Crippen LogP contribution in [0.4, 0.5) is 5.13 Å². The number of rotatable bonds is 4. The number of nitrogens with one attached hydrogen (secondary N) is 1. The molecule has 0 aliphatic rings. The van der Waals surface area contributed by atoms with E-state index in [0.29, 0.717) is 21.3 Å². The zero-order chi connectivity index (χ0) is 17.2. The quantitative estimate of drug-likeness (QED) is 0.896. The number of aliphatic carboxylic acids is 1. The number of hydrogen-bond donors (Lipinski definition) is 2. The summed E-state index contributed by atoms with van der Waals surface area (Å²) in [6.45, 7) is 8.09. The van der Waals surface area contributed by atoms with Gasteiger partial charge in [0.1, 0.15) is 0 Å². The van der Waals surface area contributed by atoms with Crippen LogP contribution in [0.25, 0.3) is 0 Å². The number of thiazole rings is 1. The van der Waals surface area contributed by atoms with Crippen LogP contribution in [-0.4, -0.2) is 22.0 Å². The Kier molecular flexibility index (Phi) is 4.85. The number of carbonyl (C=O) groups is 2. The number of carboxylic acid groups (broad SMARTS) is 1. The Morgan fingerprint density at radius 3 is 2.35 bits per heavy atom. The molecule has 1 aromatic heterocycles. The minimum absolute atomic E-state index is 0.0349. The highest BCUT2D eigenvalue weighted by atomic mass is 32.1. The second-order valence-electron chi connectivity index (χ2n) is 6.38. The van der Waals surface area contributed by atoms with Gasteiger partial charge in [0.25, 0.3) is 5.91 Å². The predicted molar refractivity (Wildman–Crippen MR) is 91.3 cm³/mol. The van der Waals surface area contributed by atoms with E-state index < -0.39 is 5.97 Å². The first-order valence-electron chi connectivity index (χ1n) is 7.27. The molecule has 122 valence electrons. The Balaban J connectivity index is 2.11. The fourth-order valence-corrected chi connectivity index (χ4v) is 3.02. The molecule has 5 nitrogen and oxygen atoms in total. The number of amides is 1. The van der Waals surface area contributed by atoms with Gasteiger partial charge in [0.05, 0.1) is 12.1 Å². The Morgan fingerprint density at radius 2 is 1.83 bits per heavy atom. The van der Waals surface area contributed by atoms with Gasteiger partial charge in [-0.3, -0.25) is 14.9 Å². The predicted octanol–water partition coefficient (Wildman–Crippen LogP) is 3.63. The van der Waals surface area contributed by atoms with E-state index in [9.17, 15) is 9.59 Å². The monoisotopic (exact) mass is 332 g/mol. The summed E-state index contributed by atoms with van der Waals surface area (Å²) >= 11 is 1.19. The van der Waals surface area contributed by atoms with Gasteiger partial charge in [0, 0.05) is 10.4 Å². The van der Waals surface area contributed by atoms with Crippen LogP contribution in [0.3, 0.4) is 0 Å². The molecule has 2 rings (SSSR count). The maximum absolute atomic E-state index is 12.3. The summed E-state index contributed by atoms with van der Waals surface area (Å²) in [6.07, 6.45) is -0.0837. The molecular weight excluding hydrogens is 312 g/mol. The van der Waals surface area contributed by atoms with Gasteiger partial charge in [-0.15, -0.1) is 11.3 Å². The first-order valence-corrected chi connectivity index (χ1v) is 8.08. The Labute approximate surface area is 139 Å². The molecule has 0 aliphatic heterocycles. The lowest BCUT2D eigenvalue weighted by Gasteiger charge is -2.18. The fourth-order valence-electron chi connectivity index (χ4n) is 2.07. The highest BCUT2D eigenvalue weighted by Crippen LogP contribution is 2.25. The molecule has 0 bridgehead atoms. The molecule has 0 atom stereocenters. The van der Waals surface area contributed by atoms with Crippen LogP contribution in [0.5, 0.6) is 0 Å². The van der Waals surface area contributed by atoms with Crippen molar-refractivity contribution in [2.75, 3.05) is 5.32 Å². The van der Waals surface area contributed by atoms with E-state index >= 15 is 0 Å². The Hall–Kier alpha value is -2.21. The van der Waals surface area contributed by atoms with E-state index in [1.165, 1.54) is 11.3 Å². The van der Waals surface area contributed by atoms with Gasteiger partial charge >= 0.3 is 5.97 Å². The molecule has 23 heavy (non-hydrogen) atoms. The molecule has 0 spiro atoms. The largest absolute Gasteiger partial charge is 0.481 e. The summed E-state index contributed by atoms with van der Waals surface area (Å²) < 4.78 is 0. The molecule has 1 aromatic carbocycles. The number of aromatic nitrogens is 1. The van der Waals surface area contributed by atoms with Crippen molar-refractivity contribution in [1.29, 1.82) is 0 Å². The zero-order valence-electron chi connectivity index (χ0n) is 13.6. The second-order valence-corrected chi connectivity index (χ2v) is 7.46. The van der Waals surface area contributed by atoms with Crippen molar-refractivity contribution in [2.24, 2.45) is 0 Å². The minimum Gasteiger partial charge on any atom is -0.481 e. The van der Waals surface area contributed by atoms with Gasteiger partial charge < -0.3 is 5.11 Å². The minimum atomic E-state index is -0.910. The lowest BCUT2D eigenvalue weighted by atomic mass is 9.87. The Morgan fingerprint density at radius 1 is 1.22 bits per heavy atom. The number of benzene rings is 1. The summed E-state index contributed by atoms with van der Waals surface area (Å²) in [5, 5.41) is 12.0. The van der Waals surface area contributed by atoms with Crippen molar-refractivity contribution in [3.05, 3.63) is 46.0 Å². The fraction of sp³-hybridized carbons (Fsp3) is 0.353. The maximum atomic E-state index is 12.3. The van der Waals surface area contributed by atoms with Gasteiger partial charge in [-0.05, 0) is 30.0 Å². The van der Waals surface area contributed by atoms with E-state index in [2.05, 4.69) is 31.1 Å². The molecule has 2 aromatic rings. The van der Waals surface area contributed by atoms with Crippen molar-refractivity contribution < 1.29 is 14.7 Å². The lowest BCUT2D eigenvalue weighted by Crippen LogP contribution is -2.14. The third-order valence-electron chi connectivity index (χ3n) is 3.44. The maximum Gasteiger partial charge on any atom is 0.308 e. The third kappa shape index (κ3) is 4.39. The van der Waals surface area contributed by atoms with Crippen LogP contribution >= 0.6 is 11.3 Å². The average Bonchev–Trinajstić information content (AvgIpc) is 2.77. The van der Waals surface area contributed by atoms with Crippen molar-refractivity contribution in [3.63, 3.8) is 0 Å². The summed E-state index contributed by atoms with van der Waals surface area (Å²) in [5.74, 6) is -1.16. The van der Waals surface area contributed by atoms with Gasteiger partial charge in [-0.2, -0.15) is 0 Å². The number of nitrogens with zero attached hydrogens (tertiary/aromatic N) is 1. The number of carboxylic acids is 1. The number of hydrogen-bond acceptors (Lipinski definition) is 4. The molecule has 1 amide bonds. The van der Waals surface area contributed by atoms with E-state index in [0.717, 1.165) is 5.56 Å². The number of aryl methyl sites for hydroxylation is 1. The second kappa shape index (κ2) is 6.50. The van der Waals surface area contributed by atoms with Crippen molar-refractivity contribution >= 4 is 28.3 Å². The van der Waals surface area contributed by atoms with Crippen LogP contribution in [0.1, 0.15) is 47.3 Å². The number of carbonyl (C=O) groups excluding carboxylic acids is 1. The van der Waals surface area contributed by atoms with Crippen LogP contribution < -0.4 is 5.32 Å². The van der Waals surface area contributed by atoms with Gasteiger partial charge in [-0.25, -0.2) is 4.98 Å². The lowest BCUT2D eigenvalue weighted by molar-refractivity contribution is -0.136. The zero-order valence-corrected chi connectivity index (χ0v) is 14.5. The highest BCUT2D eigenvalue weighted by molar-refractivity contribution is 7.16. The standard InChI is InChI=1S/C17H20N2O3S/c1-10-13(9-14(20)21)23-16(18-10)19-15(22)11-5-7-12(8-6-11)17(2,3)4/h5-8H,9H2,1-4H3,(H,20,21)(H,18,19,22). The molecule has 2 N–H and O–H groups in total.